The number of ether oxygens (including phenoxy) is 2. The lowest BCUT2D eigenvalue weighted by molar-refractivity contribution is -0.263. The molecule has 0 radical (unpaired) electrons. The van der Waals surface area contributed by atoms with Gasteiger partial charge in [-0.3, -0.25) is 0 Å². The third kappa shape index (κ3) is 1.99. The molecule has 1 aromatic carbocycles. The van der Waals surface area contributed by atoms with E-state index in [-0.39, 0.29) is 23.2 Å². The van der Waals surface area contributed by atoms with E-state index in [1.807, 2.05) is 26.0 Å². The standard InChI is InChI=1S/C15H15N3O3/c1-7-5-9-10(6-8(7)2)16-12-11(13(9)19)17-15(21-4)18-14(12)20-3/h5-6H,1-4H3,(H,16,19)/p-1. The minimum absolute atomic E-state index is 0.0847. The van der Waals surface area contributed by atoms with Crippen LogP contribution in [0.25, 0.3) is 21.9 Å². The number of nitrogens with zero attached hydrogens (tertiary/aromatic N) is 3. The molecule has 6 nitrogen and oxygen atoms in total. The molecule has 3 rings (SSSR count). The minimum atomic E-state index is -0.197. The van der Waals surface area contributed by atoms with Gasteiger partial charge in [-0.1, -0.05) is 11.8 Å². The molecule has 0 bridgehead atoms. The predicted molar refractivity (Wildman–Crippen MR) is 76.9 cm³/mol. The molecular weight excluding hydrogens is 270 g/mol. The second-order valence-electron chi connectivity index (χ2n) is 4.81. The number of methoxy groups -OCH3 is 2. The summed E-state index contributed by atoms with van der Waals surface area (Å²) in [7, 11) is 2.91. The van der Waals surface area contributed by atoms with Crippen molar-refractivity contribution < 1.29 is 14.6 Å². The van der Waals surface area contributed by atoms with E-state index in [1.54, 1.807) is 0 Å². The Labute approximate surface area is 121 Å². The van der Waals surface area contributed by atoms with E-state index in [4.69, 9.17) is 9.47 Å². The number of hydrogen-bond donors (Lipinski definition) is 0. The highest BCUT2D eigenvalue weighted by molar-refractivity contribution is 6.00. The molecule has 0 saturated carbocycles. The molecule has 0 amide bonds. The molecule has 0 aliphatic rings. The van der Waals surface area contributed by atoms with Crippen LogP contribution in [0.3, 0.4) is 0 Å². The summed E-state index contributed by atoms with van der Waals surface area (Å²) in [5.41, 5.74) is 3.27. The van der Waals surface area contributed by atoms with Crippen LogP contribution in [-0.4, -0.2) is 29.2 Å². The third-order valence-electron chi connectivity index (χ3n) is 3.51. The minimum Gasteiger partial charge on any atom is -0.870 e. The third-order valence-corrected chi connectivity index (χ3v) is 3.51. The second-order valence-corrected chi connectivity index (χ2v) is 4.81. The molecule has 0 aliphatic carbocycles. The van der Waals surface area contributed by atoms with Crippen molar-refractivity contribution in [2.75, 3.05) is 14.2 Å². The van der Waals surface area contributed by atoms with E-state index in [2.05, 4.69) is 15.0 Å². The van der Waals surface area contributed by atoms with Crippen LogP contribution in [0.4, 0.5) is 0 Å². The summed E-state index contributed by atoms with van der Waals surface area (Å²) in [6.45, 7) is 3.94. The highest BCUT2D eigenvalue weighted by Crippen LogP contribution is 2.34. The summed E-state index contributed by atoms with van der Waals surface area (Å²) in [6.07, 6.45) is 0. The van der Waals surface area contributed by atoms with Gasteiger partial charge in [-0.2, -0.15) is 9.97 Å². The van der Waals surface area contributed by atoms with Gasteiger partial charge in [-0.05, 0) is 36.4 Å². The Balaban J connectivity index is 2.49. The summed E-state index contributed by atoms with van der Waals surface area (Å²) in [5.74, 6) is 0.0335. The lowest BCUT2D eigenvalue weighted by Gasteiger charge is -2.16. The van der Waals surface area contributed by atoms with Crippen molar-refractivity contribution in [1.82, 2.24) is 15.0 Å². The zero-order chi connectivity index (χ0) is 15.1. The Bertz CT molecular complexity index is 862. The maximum atomic E-state index is 12.6. The molecule has 0 aliphatic heterocycles. The molecule has 6 heteroatoms. The first kappa shape index (κ1) is 13.4. The molecule has 0 spiro atoms. The fraction of sp³-hybridized carbons (Fsp3) is 0.267. The van der Waals surface area contributed by atoms with Crippen LogP contribution in [0, 0.1) is 13.8 Å². The van der Waals surface area contributed by atoms with Crippen molar-refractivity contribution in [3.8, 4) is 17.6 Å². The topological polar surface area (TPSA) is 80.2 Å². The van der Waals surface area contributed by atoms with Crippen LogP contribution >= 0.6 is 0 Å². The normalized spacial score (nSPS) is 11.0. The number of fused-ring (bicyclic) bond motifs is 2. The maximum absolute atomic E-state index is 12.6. The van der Waals surface area contributed by atoms with E-state index in [0.717, 1.165) is 11.1 Å². The summed E-state index contributed by atoms with van der Waals surface area (Å²) < 4.78 is 10.2. The maximum Gasteiger partial charge on any atom is 0.320 e. The van der Waals surface area contributed by atoms with Gasteiger partial charge in [0.15, 0.2) is 5.52 Å². The first-order valence-electron chi connectivity index (χ1n) is 6.43. The molecule has 0 saturated heterocycles. The highest BCUT2D eigenvalue weighted by Gasteiger charge is 2.13. The molecular formula is C15H14N3O3-. The van der Waals surface area contributed by atoms with E-state index in [1.165, 1.54) is 14.2 Å². The van der Waals surface area contributed by atoms with E-state index >= 15 is 0 Å². The number of aryl methyl sites for hydroxylation is 2. The van der Waals surface area contributed by atoms with Gasteiger partial charge in [-0.25, -0.2) is 4.98 Å². The molecule has 2 heterocycles. The van der Waals surface area contributed by atoms with Gasteiger partial charge in [0.1, 0.15) is 0 Å². The first-order valence-corrected chi connectivity index (χ1v) is 6.43. The zero-order valence-corrected chi connectivity index (χ0v) is 12.2. The predicted octanol–water partition coefficient (Wildman–Crippen LogP) is 1.89. The first-order chi connectivity index (χ1) is 10.0. The van der Waals surface area contributed by atoms with E-state index < -0.39 is 0 Å². The molecule has 108 valence electrons. The lowest BCUT2D eigenvalue weighted by atomic mass is 10.1. The van der Waals surface area contributed by atoms with Crippen molar-refractivity contribution in [2.24, 2.45) is 0 Å². The van der Waals surface area contributed by atoms with Crippen LogP contribution in [0.5, 0.6) is 17.6 Å². The van der Waals surface area contributed by atoms with E-state index in [0.29, 0.717) is 16.4 Å². The molecule has 0 N–H and O–H groups in total. The molecule has 0 unspecified atom stereocenters. The van der Waals surface area contributed by atoms with Gasteiger partial charge < -0.3 is 14.6 Å². The van der Waals surface area contributed by atoms with Crippen molar-refractivity contribution in [2.45, 2.75) is 13.8 Å². The van der Waals surface area contributed by atoms with Crippen molar-refractivity contribution >= 4 is 21.9 Å². The van der Waals surface area contributed by atoms with Crippen molar-refractivity contribution in [3.05, 3.63) is 23.3 Å². The fourth-order valence-corrected chi connectivity index (χ4v) is 2.23. The highest BCUT2D eigenvalue weighted by atomic mass is 16.5. The van der Waals surface area contributed by atoms with Crippen molar-refractivity contribution in [3.63, 3.8) is 0 Å². The fourth-order valence-electron chi connectivity index (χ4n) is 2.23. The Morgan fingerprint density at radius 1 is 0.905 bits per heavy atom. The Hall–Kier alpha value is -2.63. The molecule has 0 atom stereocenters. The summed E-state index contributed by atoms with van der Waals surface area (Å²) in [6, 6.07) is 3.80. The Morgan fingerprint density at radius 2 is 1.62 bits per heavy atom. The SMILES string of the molecule is COc1nc(OC)c2nc3cc(C)c(C)cc3c([O-])c2n1. The Morgan fingerprint density at radius 3 is 2.29 bits per heavy atom. The quantitative estimate of drug-likeness (QED) is 0.668. The van der Waals surface area contributed by atoms with Crippen LogP contribution < -0.4 is 14.6 Å². The van der Waals surface area contributed by atoms with Crippen LogP contribution in [0.15, 0.2) is 12.1 Å². The lowest BCUT2D eigenvalue weighted by Crippen LogP contribution is -2.03. The molecule has 0 fully saturated rings. The largest absolute Gasteiger partial charge is 0.870 e. The van der Waals surface area contributed by atoms with Gasteiger partial charge in [0, 0.05) is 0 Å². The van der Waals surface area contributed by atoms with Crippen LogP contribution in [-0.2, 0) is 0 Å². The Kier molecular flexibility index (Phi) is 3.01. The van der Waals surface area contributed by atoms with Gasteiger partial charge >= 0.3 is 6.01 Å². The molecule has 21 heavy (non-hydrogen) atoms. The van der Waals surface area contributed by atoms with Crippen LogP contribution in [0.1, 0.15) is 11.1 Å². The summed E-state index contributed by atoms with van der Waals surface area (Å²) in [5, 5.41) is 13.2. The summed E-state index contributed by atoms with van der Waals surface area (Å²) >= 11 is 0. The van der Waals surface area contributed by atoms with E-state index in [9.17, 15) is 5.11 Å². The smallest absolute Gasteiger partial charge is 0.320 e. The second kappa shape index (κ2) is 4.73. The van der Waals surface area contributed by atoms with Crippen LogP contribution in [0.2, 0.25) is 0 Å². The average Bonchev–Trinajstić information content (AvgIpc) is 2.49. The number of hydrogen-bond acceptors (Lipinski definition) is 6. The summed E-state index contributed by atoms with van der Waals surface area (Å²) in [4.78, 5) is 12.7. The molecule has 2 aromatic heterocycles. The average molecular weight is 284 g/mol. The van der Waals surface area contributed by atoms with Gasteiger partial charge in [0.2, 0.25) is 5.88 Å². The number of pyridine rings is 1. The number of benzene rings is 1. The number of rotatable bonds is 2. The van der Waals surface area contributed by atoms with Gasteiger partial charge in [0.25, 0.3) is 0 Å². The van der Waals surface area contributed by atoms with Gasteiger partial charge in [-0.15, -0.1) is 0 Å². The van der Waals surface area contributed by atoms with Gasteiger partial charge in [0.05, 0.1) is 25.3 Å². The molecule has 3 aromatic rings. The number of aromatic nitrogens is 3. The monoisotopic (exact) mass is 284 g/mol. The zero-order valence-electron chi connectivity index (χ0n) is 12.2. The van der Waals surface area contributed by atoms with Crippen molar-refractivity contribution in [1.29, 1.82) is 0 Å².